The Morgan fingerprint density at radius 3 is 2.37 bits per heavy atom. The SMILES string of the molecule is CCOc1c(Cl)cc(C(=O)Oc2ccc3c(c2)OC(N)=C(C#N)C3c2ccc(Cl)c(Cl)c2)cc1Cl. The van der Waals surface area contributed by atoms with Gasteiger partial charge >= 0.3 is 5.97 Å². The molecule has 4 rings (SSSR count). The third-order valence-electron chi connectivity index (χ3n) is 5.20. The van der Waals surface area contributed by atoms with Crippen LogP contribution in [0.15, 0.2) is 60.0 Å². The second kappa shape index (κ2) is 10.3. The molecule has 178 valence electrons. The molecule has 0 saturated carbocycles. The molecule has 1 aliphatic rings. The van der Waals surface area contributed by atoms with Crippen LogP contribution in [0.25, 0.3) is 0 Å². The highest BCUT2D eigenvalue weighted by Gasteiger charge is 2.31. The fourth-order valence-corrected chi connectivity index (χ4v) is 4.56. The Morgan fingerprint density at radius 2 is 1.74 bits per heavy atom. The van der Waals surface area contributed by atoms with Crippen molar-refractivity contribution in [3.05, 3.63) is 96.8 Å². The summed E-state index contributed by atoms with van der Waals surface area (Å²) in [6.45, 7) is 2.16. The van der Waals surface area contributed by atoms with E-state index >= 15 is 0 Å². The Kier molecular flexibility index (Phi) is 7.34. The molecular weight excluding hydrogens is 534 g/mol. The first-order chi connectivity index (χ1) is 16.7. The number of ether oxygens (including phenoxy) is 3. The summed E-state index contributed by atoms with van der Waals surface area (Å²) in [4.78, 5) is 12.7. The van der Waals surface area contributed by atoms with Crippen molar-refractivity contribution in [2.45, 2.75) is 12.8 Å². The average Bonchev–Trinajstić information content (AvgIpc) is 2.82. The van der Waals surface area contributed by atoms with E-state index in [-0.39, 0.29) is 32.8 Å². The number of fused-ring (bicyclic) bond motifs is 1. The van der Waals surface area contributed by atoms with Crippen molar-refractivity contribution in [1.29, 1.82) is 5.26 Å². The zero-order valence-corrected chi connectivity index (χ0v) is 21.1. The molecule has 35 heavy (non-hydrogen) atoms. The normalized spacial score (nSPS) is 14.6. The third-order valence-corrected chi connectivity index (χ3v) is 6.50. The first-order valence-corrected chi connectivity index (χ1v) is 11.7. The van der Waals surface area contributed by atoms with E-state index in [0.29, 0.717) is 39.3 Å². The first kappa shape index (κ1) is 25.0. The predicted molar refractivity (Wildman–Crippen MR) is 135 cm³/mol. The molecule has 1 atom stereocenters. The quantitative estimate of drug-likeness (QED) is 0.268. The Bertz CT molecular complexity index is 1390. The summed E-state index contributed by atoms with van der Waals surface area (Å²) >= 11 is 24.6. The van der Waals surface area contributed by atoms with Crippen molar-refractivity contribution in [2.75, 3.05) is 6.61 Å². The Morgan fingerprint density at radius 1 is 1.03 bits per heavy atom. The van der Waals surface area contributed by atoms with E-state index in [4.69, 9.17) is 66.3 Å². The second-order valence-electron chi connectivity index (χ2n) is 7.39. The van der Waals surface area contributed by atoms with Crippen LogP contribution in [0.4, 0.5) is 0 Å². The molecule has 0 aliphatic carbocycles. The van der Waals surface area contributed by atoms with Crippen LogP contribution >= 0.6 is 46.4 Å². The van der Waals surface area contributed by atoms with Crippen LogP contribution in [-0.4, -0.2) is 12.6 Å². The molecule has 1 heterocycles. The van der Waals surface area contributed by atoms with Gasteiger partial charge in [-0.2, -0.15) is 5.26 Å². The summed E-state index contributed by atoms with van der Waals surface area (Å²) in [5.41, 5.74) is 7.74. The van der Waals surface area contributed by atoms with Gasteiger partial charge in [0.05, 0.1) is 38.2 Å². The van der Waals surface area contributed by atoms with Gasteiger partial charge in [0.2, 0.25) is 5.88 Å². The number of carbonyl (C=O) groups is 1. The number of hydrogen-bond acceptors (Lipinski definition) is 6. The maximum absolute atomic E-state index is 12.7. The number of allylic oxidation sites excluding steroid dienone is 1. The predicted octanol–water partition coefficient (Wildman–Crippen LogP) is 7.14. The van der Waals surface area contributed by atoms with Gasteiger partial charge in [0, 0.05) is 11.6 Å². The van der Waals surface area contributed by atoms with Gasteiger partial charge in [-0.05, 0) is 42.8 Å². The Hall–Kier alpha value is -3.08. The van der Waals surface area contributed by atoms with E-state index in [0.717, 1.165) is 0 Å². The van der Waals surface area contributed by atoms with Crippen molar-refractivity contribution < 1.29 is 19.0 Å². The molecule has 0 spiro atoms. The topological polar surface area (TPSA) is 94.6 Å². The number of hydrogen-bond donors (Lipinski definition) is 1. The number of nitriles is 1. The maximum atomic E-state index is 12.7. The average molecular weight is 550 g/mol. The smallest absolute Gasteiger partial charge is 0.343 e. The van der Waals surface area contributed by atoms with Crippen LogP contribution in [0.1, 0.15) is 34.3 Å². The zero-order chi connectivity index (χ0) is 25.3. The molecule has 0 radical (unpaired) electrons. The van der Waals surface area contributed by atoms with Crippen LogP contribution in [0.2, 0.25) is 20.1 Å². The van der Waals surface area contributed by atoms with E-state index in [2.05, 4.69) is 6.07 Å². The Labute approximate surface area is 221 Å². The maximum Gasteiger partial charge on any atom is 0.343 e. The molecule has 0 amide bonds. The summed E-state index contributed by atoms with van der Waals surface area (Å²) < 4.78 is 16.6. The minimum absolute atomic E-state index is 0.0652. The summed E-state index contributed by atoms with van der Waals surface area (Å²) in [6.07, 6.45) is 0. The summed E-state index contributed by atoms with van der Waals surface area (Å²) in [7, 11) is 0. The highest BCUT2D eigenvalue weighted by molar-refractivity contribution is 6.42. The van der Waals surface area contributed by atoms with Crippen LogP contribution in [0, 0.1) is 11.3 Å². The molecule has 6 nitrogen and oxygen atoms in total. The number of nitrogens with zero attached hydrogens (tertiary/aromatic N) is 1. The van der Waals surface area contributed by atoms with E-state index in [1.54, 1.807) is 37.3 Å². The monoisotopic (exact) mass is 548 g/mol. The van der Waals surface area contributed by atoms with E-state index in [1.165, 1.54) is 18.2 Å². The Balaban J connectivity index is 1.66. The molecule has 0 fully saturated rings. The van der Waals surface area contributed by atoms with Crippen molar-refractivity contribution >= 4 is 52.4 Å². The lowest BCUT2D eigenvalue weighted by molar-refractivity contribution is 0.0734. The molecule has 3 aromatic rings. The molecule has 10 heteroatoms. The van der Waals surface area contributed by atoms with E-state index in [9.17, 15) is 10.1 Å². The lowest BCUT2D eigenvalue weighted by Gasteiger charge is -2.27. The molecule has 0 bridgehead atoms. The highest BCUT2D eigenvalue weighted by Crippen LogP contribution is 2.44. The van der Waals surface area contributed by atoms with Crippen molar-refractivity contribution in [2.24, 2.45) is 5.73 Å². The molecule has 1 aliphatic heterocycles. The van der Waals surface area contributed by atoms with Gasteiger partial charge in [-0.1, -0.05) is 58.5 Å². The number of rotatable bonds is 5. The van der Waals surface area contributed by atoms with Gasteiger partial charge in [-0.15, -0.1) is 0 Å². The van der Waals surface area contributed by atoms with Crippen LogP contribution in [0.5, 0.6) is 17.2 Å². The van der Waals surface area contributed by atoms with Gasteiger partial charge in [0.15, 0.2) is 5.75 Å². The van der Waals surface area contributed by atoms with Crippen LogP contribution in [-0.2, 0) is 0 Å². The largest absolute Gasteiger partial charge is 0.491 e. The first-order valence-electron chi connectivity index (χ1n) is 10.2. The number of esters is 1. The minimum Gasteiger partial charge on any atom is -0.491 e. The lowest BCUT2D eigenvalue weighted by atomic mass is 9.83. The minimum atomic E-state index is -0.685. The molecule has 3 aromatic carbocycles. The van der Waals surface area contributed by atoms with Gasteiger partial charge in [-0.3, -0.25) is 0 Å². The summed E-state index contributed by atoms with van der Waals surface area (Å²) in [5.74, 6) is -0.494. The fourth-order valence-electron chi connectivity index (χ4n) is 3.66. The number of nitrogens with two attached hydrogens (primary N) is 1. The molecule has 0 aromatic heterocycles. The van der Waals surface area contributed by atoms with Crippen LogP contribution in [0.3, 0.4) is 0 Å². The van der Waals surface area contributed by atoms with Gasteiger partial charge < -0.3 is 19.9 Å². The number of carbonyl (C=O) groups excluding carboxylic acids is 1. The zero-order valence-electron chi connectivity index (χ0n) is 18.1. The van der Waals surface area contributed by atoms with Crippen molar-refractivity contribution in [3.8, 4) is 23.3 Å². The number of halogens is 4. The van der Waals surface area contributed by atoms with Gasteiger partial charge in [0.1, 0.15) is 23.1 Å². The lowest BCUT2D eigenvalue weighted by Crippen LogP contribution is -2.21. The van der Waals surface area contributed by atoms with Crippen molar-refractivity contribution in [3.63, 3.8) is 0 Å². The van der Waals surface area contributed by atoms with Crippen molar-refractivity contribution in [1.82, 2.24) is 0 Å². The third kappa shape index (κ3) is 5.00. The summed E-state index contributed by atoms with van der Waals surface area (Å²) in [5, 5.41) is 10.8. The highest BCUT2D eigenvalue weighted by atomic mass is 35.5. The molecular formula is C25H16Cl4N2O4. The summed E-state index contributed by atoms with van der Waals surface area (Å²) in [6, 6.07) is 14.8. The molecule has 0 saturated heterocycles. The van der Waals surface area contributed by atoms with E-state index < -0.39 is 11.9 Å². The second-order valence-corrected chi connectivity index (χ2v) is 9.02. The van der Waals surface area contributed by atoms with Gasteiger partial charge in [0.25, 0.3) is 0 Å². The fraction of sp³-hybridized carbons (Fsp3) is 0.120. The van der Waals surface area contributed by atoms with Crippen LogP contribution < -0.4 is 19.9 Å². The van der Waals surface area contributed by atoms with E-state index in [1.807, 2.05) is 0 Å². The van der Waals surface area contributed by atoms with Gasteiger partial charge in [-0.25, -0.2) is 4.79 Å². The molecule has 2 N–H and O–H groups in total. The number of benzene rings is 3. The standard InChI is InChI=1S/C25H16Cl4N2O4/c1-2-33-23-19(28)8-13(9-20(23)29)25(32)34-14-4-5-15-21(10-14)35-24(31)16(11-30)22(15)12-3-6-17(26)18(27)7-12/h3-10,22H,2,31H2,1H3. The molecule has 1 unspecified atom stereocenters.